The molecule has 0 aliphatic heterocycles. The number of ether oxygens (including phenoxy) is 1. The van der Waals surface area contributed by atoms with Crippen molar-refractivity contribution in [3.63, 3.8) is 0 Å². The van der Waals surface area contributed by atoms with Gasteiger partial charge in [-0.05, 0) is 38.5 Å². The van der Waals surface area contributed by atoms with Crippen molar-refractivity contribution < 1.29 is 14.3 Å². The van der Waals surface area contributed by atoms with Crippen molar-refractivity contribution in [1.82, 2.24) is 5.32 Å². The summed E-state index contributed by atoms with van der Waals surface area (Å²) in [7, 11) is 0. The van der Waals surface area contributed by atoms with Crippen LogP contribution >= 0.6 is 27.7 Å². The van der Waals surface area contributed by atoms with Gasteiger partial charge in [-0.1, -0.05) is 28.1 Å². The van der Waals surface area contributed by atoms with Crippen LogP contribution in [-0.2, 0) is 20.1 Å². The predicted octanol–water partition coefficient (Wildman–Crippen LogP) is 3.14. The van der Waals surface area contributed by atoms with Crippen molar-refractivity contribution in [2.75, 3.05) is 6.54 Å². The number of hydrogen-bond acceptors (Lipinski definition) is 4. The van der Waals surface area contributed by atoms with E-state index in [-0.39, 0.29) is 17.1 Å². The van der Waals surface area contributed by atoms with Crippen LogP contribution in [-0.4, -0.2) is 29.8 Å². The molecule has 1 aromatic carbocycles. The molecule has 116 valence electrons. The van der Waals surface area contributed by atoms with Crippen LogP contribution in [0.3, 0.4) is 0 Å². The Morgan fingerprint density at radius 3 is 2.48 bits per heavy atom. The first-order valence-electron chi connectivity index (χ1n) is 6.78. The molecule has 0 heterocycles. The highest BCUT2D eigenvalue weighted by Crippen LogP contribution is 2.20. The quantitative estimate of drug-likeness (QED) is 0.745. The van der Waals surface area contributed by atoms with E-state index in [0.717, 1.165) is 15.8 Å². The summed E-state index contributed by atoms with van der Waals surface area (Å²) in [6.07, 6.45) is -0.756. The zero-order valence-corrected chi connectivity index (χ0v) is 14.8. The molecule has 0 aromatic heterocycles. The van der Waals surface area contributed by atoms with Gasteiger partial charge in [0.15, 0.2) is 6.10 Å². The van der Waals surface area contributed by atoms with Gasteiger partial charge in [0, 0.05) is 16.8 Å². The van der Waals surface area contributed by atoms with Crippen LogP contribution in [0, 0.1) is 0 Å². The van der Waals surface area contributed by atoms with Crippen LogP contribution in [0.2, 0.25) is 0 Å². The molecule has 1 amide bonds. The third-order valence-electron chi connectivity index (χ3n) is 2.76. The Hall–Kier alpha value is -1.01. The van der Waals surface area contributed by atoms with Crippen molar-refractivity contribution in [3.8, 4) is 0 Å². The monoisotopic (exact) mass is 373 g/mol. The summed E-state index contributed by atoms with van der Waals surface area (Å²) in [5, 5.41) is 2.31. The smallest absolute Gasteiger partial charge is 0.319 e. The number of halogens is 1. The number of esters is 1. The van der Waals surface area contributed by atoms with E-state index in [9.17, 15) is 9.59 Å². The molecule has 0 spiro atoms. The fourth-order valence-electron chi connectivity index (χ4n) is 1.51. The number of amides is 1. The van der Waals surface area contributed by atoms with E-state index in [1.807, 2.05) is 31.2 Å². The summed E-state index contributed by atoms with van der Waals surface area (Å²) < 4.78 is 6.18. The average molecular weight is 374 g/mol. The zero-order chi connectivity index (χ0) is 15.8. The second-order valence-electron chi connectivity index (χ2n) is 4.55. The lowest BCUT2D eigenvalue weighted by Crippen LogP contribution is -2.37. The molecule has 21 heavy (non-hydrogen) atoms. The summed E-state index contributed by atoms with van der Waals surface area (Å²) in [5.41, 5.74) is 1.14. The second-order valence-corrected chi connectivity index (χ2v) is 6.80. The molecule has 0 fully saturated rings. The van der Waals surface area contributed by atoms with Crippen LogP contribution in [0.15, 0.2) is 28.7 Å². The van der Waals surface area contributed by atoms with Gasteiger partial charge in [-0.3, -0.25) is 9.59 Å². The van der Waals surface area contributed by atoms with Gasteiger partial charge in [0.2, 0.25) is 0 Å². The summed E-state index contributed by atoms with van der Waals surface area (Å²) in [6.45, 7) is 5.71. The molecule has 0 aliphatic carbocycles. The van der Waals surface area contributed by atoms with Crippen molar-refractivity contribution in [1.29, 1.82) is 0 Å². The molecule has 6 heteroatoms. The van der Waals surface area contributed by atoms with E-state index in [2.05, 4.69) is 21.2 Å². The lowest BCUT2D eigenvalue weighted by atomic mass is 10.2. The zero-order valence-electron chi connectivity index (χ0n) is 12.4. The largest absolute Gasteiger partial charge is 0.452 e. The van der Waals surface area contributed by atoms with Crippen LogP contribution in [0.25, 0.3) is 0 Å². The summed E-state index contributed by atoms with van der Waals surface area (Å²) in [5.74, 6) is 0.0887. The number of likely N-dealkylation sites (N-methyl/N-ethyl adjacent to an activating group) is 1. The standard InChI is InChI=1S/C15H20BrNO3S/c1-4-17-14(18)10(2)20-15(19)11(3)21-9-12-5-7-13(16)8-6-12/h5-8,10-11H,4,9H2,1-3H3,(H,17,18)/t10-,11-/m1/s1. The molecular weight excluding hydrogens is 354 g/mol. The Kier molecular flexibility index (Phi) is 7.82. The number of benzene rings is 1. The first kappa shape index (κ1) is 18.0. The lowest BCUT2D eigenvalue weighted by molar-refractivity contribution is -0.153. The maximum absolute atomic E-state index is 11.9. The molecular formula is C15H20BrNO3S. The van der Waals surface area contributed by atoms with Crippen LogP contribution < -0.4 is 5.32 Å². The Bertz CT molecular complexity index is 478. The molecule has 0 aliphatic rings. The number of hydrogen-bond donors (Lipinski definition) is 1. The van der Waals surface area contributed by atoms with Crippen molar-refractivity contribution in [2.24, 2.45) is 0 Å². The van der Waals surface area contributed by atoms with Gasteiger partial charge in [-0.15, -0.1) is 11.8 Å². The van der Waals surface area contributed by atoms with Gasteiger partial charge in [0.1, 0.15) is 0 Å². The molecule has 1 rings (SSSR count). The highest BCUT2D eigenvalue weighted by Gasteiger charge is 2.21. The summed E-state index contributed by atoms with van der Waals surface area (Å²) >= 11 is 4.87. The SMILES string of the molecule is CCNC(=O)[C@@H](C)OC(=O)[C@@H](C)SCc1ccc(Br)cc1. The van der Waals surface area contributed by atoms with Crippen molar-refractivity contribution in [3.05, 3.63) is 34.3 Å². The van der Waals surface area contributed by atoms with E-state index >= 15 is 0 Å². The first-order chi connectivity index (χ1) is 9.93. The molecule has 4 nitrogen and oxygen atoms in total. The van der Waals surface area contributed by atoms with E-state index < -0.39 is 6.10 Å². The highest BCUT2D eigenvalue weighted by molar-refractivity contribution is 9.10. The van der Waals surface area contributed by atoms with Gasteiger partial charge in [0.25, 0.3) is 5.91 Å². The number of nitrogens with one attached hydrogen (secondary N) is 1. The Labute approximate surface area is 138 Å². The number of carbonyl (C=O) groups excluding carboxylic acids is 2. The summed E-state index contributed by atoms with van der Waals surface area (Å²) in [4.78, 5) is 23.4. The molecule has 2 atom stereocenters. The van der Waals surface area contributed by atoms with E-state index in [4.69, 9.17) is 4.74 Å². The molecule has 0 unspecified atom stereocenters. The van der Waals surface area contributed by atoms with E-state index in [1.54, 1.807) is 13.8 Å². The minimum Gasteiger partial charge on any atom is -0.452 e. The van der Waals surface area contributed by atoms with Gasteiger partial charge in [0.05, 0.1) is 5.25 Å². The minimum atomic E-state index is -0.756. The van der Waals surface area contributed by atoms with Crippen LogP contribution in [0.1, 0.15) is 26.3 Å². The van der Waals surface area contributed by atoms with E-state index in [1.165, 1.54) is 11.8 Å². The van der Waals surface area contributed by atoms with Crippen LogP contribution in [0.5, 0.6) is 0 Å². The fraction of sp³-hybridized carbons (Fsp3) is 0.467. The van der Waals surface area contributed by atoms with Gasteiger partial charge in [-0.2, -0.15) is 0 Å². The minimum absolute atomic E-state index is 0.268. The lowest BCUT2D eigenvalue weighted by Gasteiger charge is -2.16. The molecule has 0 saturated heterocycles. The Balaban J connectivity index is 2.40. The van der Waals surface area contributed by atoms with Crippen LogP contribution in [0.4, 0.5) is 0 Å². The van der Waals surface area contributed by atoms with Gasteiger partial charge < -0.3 is 10.1 Å². The van der Waals surface area contributed by atoms with Gasteiger partial charge in [-0.25, -0.2) is 0 Å². The average Bonchev–Trinajstić information content (AvgIpc) is 2.46. The molecule has 1 N–H and O–H groups in total. The number of rotatable bonds is 7. The molecule has 1 aromatic rings. The number of carbonyl (C=O) groups is 2. The summed E-state index contributed by atoms with van der Waals surface area (Å²) in [6, 6.07) is 7.95. The van der Waals surface area contributed by atoms with E-state index in [0.29, 0.717) is 6.54 Å². The maximum atomic E-state index is 11.9. The third-order valence-corrected chi connectivity index (χ3v) is 4.48. The van der Waals surface area contributed by atoms with Crippen molar-refractivity contribution in [2.45, 2.75) is 37.9 Å². The number of thioether (sulfide) groups is 1. The third kappa shape index (κ3) is 6.52. The molecule has 0 radical (unpaired) electrons. The van der Waals surface area contributed by atoms with Gasteiger partial charge >= 0.3 is 5.97 Å². The first-order valence-corrected chi connectivity index (χ1v) is 8.62. The maximum Gasteiger partial charge on any atom is 0.319 e. The predicted molar refractivity (Wildman–Crippen MR) is 89.1 cm³/mol. The second kappa shape index (κ2) is 9.10. The Morgan fingerprint density at radius 1 is 1.29 bits per heavy atom. The highest BCUT2D eigenvalue weighted by atomic mass is 79.9. The van der Waals surface area contributed by atoms with Crippen molar-refractivity contribution >= 4 is 39.6 Å². The molecule has 0 bridgehead atoms. The fourth-order valence-corrected chi connectivity index (χ4v) is 2.60. The topological polar surface area (TPSA) is 55.4 Å². The molecule has 0 saturated carbocycles. The Morgan fingerprint density at radius 2 is 1.90 bits per heavy atom. The normalized spacial score (nSPS) is 13.3.